The lowest BCUT2D eigenvalue weighted by Crippen LogP contribution is -2.25. The van der Waals surface area contributed by atoms with E-state index >= 15 is 0 Å². The lowest BCUT2D eigenvalue weighted by atomic mass is 10.1. The highest BCUT2D eigenvalue weighted by Gasteiger charge is 2.10. The molecular formula is C16H24N2O2. The van der Waals surface area contributed by atoms with Gasteiger partial charge in [0.2, 0.25) is 5.91 Å². The minimum Gasteiger partial charge on any atom is -0.352 e. The Morgan fingerprint density at radius 3 is 2.45 bits per heavy atom. The van der Waals surface area contributed by atoms with E-state index in [-0.39, 0.29) is 11.8 Å². The van der Waals surface area contributed by atoms with Crippen molar-refractivity contribution in [3.8, 4) is 0 Å². The minimum absolute atomic E-state index is 0.134. The summed E-state index contributed by atoms with van der Waals surface area (Å²) < 4.78 is 0. The molecule has 0 fully saturated rings. The van der Waals surface area contributed by atoms with Crippen molar-refractivity contribution in [2.75, 3.05) is 11.9 Å². The average molecular weight is 276 g/mol. The predicted molar refractivity (Wildman–Crippen MR) is 81.8 cm³/mol. The van der Waals surface area contributed by atoms with E-state index in [9.17, 15) is 9.59 Å². The van der Waals surface area contributed by atoms with Crippen LogP contribution in [0.3, 0.4) is 0 Å². The van der Waals surface area contributed by atoms with Gasteiger partial charge in [-0.2, -0.15) is 0 Å². The molecule has 0 saturated heterocycles. The van der Waals surface area contributed by atoms with Crippen LogP contribution in [0.1, 0.15) is 56.3 Å². The van der Waals surface area contributed by atoms with Gasteiger partial charge in [-0.1, -0.05) is 44.7 Å². The smallest absolute Gasteiger partial charge is 0.253 e. The zero-order valence-electron chi connectivity index (χ0n) is 12.4. The Balaban J connectivity index is 2.45. The maximum atomic E-state index is 12.1. The van der Waals surface area contributed by atoms with E-state index in [2.05, 4.69) is 17.6 Å². The topological polar surface area (TPSA) is 58.2 Å². The number of unbranched alkanes of at least 4 members (excludes halogenated alkanes) is 4. The van der Waals surface area contributed by atoms with E-state index in [1.165, 1.54) is 26.2 Å². The Morgan fingerprint density at radius 2 is 1.75 bits per heavy atom. The lowest BCUT2D eigenvalue weighted by Gasteiger charge is -2.10. The van der Waals surface area contributed by atoms with Crippen LogP contribution in [-0.2, 0) is 4.79 Å². The van der Waals surface area contributed by atoms with Gasteiger partial charge in [-0.05, 0) is 18.6 Å². The van der Waals surface area contributed by atoms with E-state index < -0.39 is 0 Å². The molecule has 4 nitrogen and oxygen atoms in total. The van der Waals surface area contributed by atoms with E-state index in [0.717, 1.165) is 12.8 Å². The molecule has 0 aliphatic heterocycles. The van der Waals surface area contributed by atoms with Crippen LogP contribution in [0.2, 0.25) is 0 Å². The number of carbonyl (C=O) groups excluding carboxylic acids is 2. The monoisotopic (exact) mass is 276 g/mol. The fourth-order valence-corrected chi connectivity index (χ4v) is 2.01. The molecule has 0 radical (unpaired) electrons. The summed E-state index contributed by atoms with van der Waals surface area (Å²) in [5.41, 5.74) is 1.07. The van der Waals surface area contributed by atoms with E-state index in [4.69, 9.17) is 0 Å². The molecule has 0 heterocycles. The molecule has 0 aliphatic carbocycles. The normalized spacial score (nSPS) is 10.1. The van der Waals surface area contributed by atoms with Gasteiger partial charge >= 0.3 is 0 Å². The van der Waals surface area contributed by atoms with Gasteiger partial charge in [-0.25, -0.2) is 0 Å². The number of hydrogen-bond acceptors (Lipinski definition) is 2. The number of hydrogen-bond donors (Lipinski definition) is 2. The van der Waals surface area contributed by atoms with Crippen LogP contribution in [-0.4, -0.2) is 18.4 Å². The molecule has 1 rings (SSSR count). The Bertz CT molecular complexity index is 444. The summed E-state index contributed by atoms with van der Waals surface area (Å²) in [6.07, 6.45) is 5.82. The number of benzene rings is 1. The molecule has 20 heavy (non-hydrogen) atoms. The Kier molecular flexibility index (Phi) is 7.40. The largest absolute Gasteiger partial charge is 0.352 e. The Labute approximate surface area is 121 Å². The van der Waals surface area contributed by atoms with Crippen LogP contribution in [0.25, 0.3) is 0 Å². The van der Waals surface area contributed by atoms with Crippen LogP contribution in [0, 0.1) is 0 Å². The van der Waals surface area contributed by atoms with Crippen molar-refractivity contribution in [1.82, 2.24) is 5.32 Å². The standard InChI is InChI=1S/C16H24N2O2/c1-3-4-5-6-9-12-17-16(20)14-10-7-8-11-15(14)18-13(2)19/h7-8,10-11H,3-6,9,12H2,1-2H3,(H,17,20)(H,18,19). The molecule has 0 aromatic heterocycles. The summed E-state index contributed by atoms with van der Waals surface area (Å²) >= 11 is 0. The van der Waals surface area contributed by atoms with Crippen molar-refractivity contribution in [1.29, 1.82) is 0 Å². The van der Waals surface area contributed by atoms with Crippen molar-refractivity contribution < 1.29 is 9.59 Å². The highest BCUT2D eigenvalue weighted by molar-refractivity contribution is 6.03. The highest BCUT2D eigenvalue weighted by Crippen LogP contribution is 2.14. The van der Waals surface area contributed by atoms with Crippen molar-refractivity contribution in [3.63, 3.8) is 0 Å². The molecule has 2 N–H and O–H groups in total. The van der Waals surface area contributed by atoms with Crippen LogP contribution in [0.4, 0.5) is 5.69 Å². The first-order chi connectivity index (χ1) is 9.65. The van der Waals surface area contributed by atoms with Crippen molar-refractivity contribution in [3.05, 3.63) is 29.8 Å². The predicted octanol–water partition coefficient (Wildman–Crippen LogP) is 3.35. The molecule has 0 saturated carbocycles. The third-order valence-electron chi connectivity index (χ3n) is 3.05. The number of nitrogens with one attached hydrogen (secondary N) is 2. The second-order valence-corrected chi connectivity index (χ2v) is 4.90. The molecule has 0 spiro atoms. The lowest BCUT2D eigenvalue weighted by molar-refractivity contribution is -0.114. The van der Waals surface area contributed by atoms with Gasteiger partial charge < -0.3 is 10.6 Å². The molecule has 0 unspecified atom stereocenters. The van der Waals surface area contributed by atoms with Gasteiger partial charge in [0, 0.05) is 13.5 Å². The van der Waals surface area contributed by atoms with Gasteiger partial charge in [0.05, 0.1) is 11.3 Å². The third kappa shape index (κ3) is 5.87. The fourth-order valence-electron chi connectivity index (χ4n) is 2.01. The van der Waals surface area contributed by atoms with E-state index in [0.29, 0.717) is 17.8 Å². The fraction of sp³-hybridized carbons (Fsp3) is 0.500. The Morgan fingerprint density at radius 1 is 1.05 bits per heavy atom. The molecule has 1 aromatic carbocycles. The molecular weight excluding hydrogens is 252 g/mol. The molecule has 2 amide bonds. The molecule has 4 heteroatoms. The van der Waals surface area contributed by atoms with Gasteiger partial charge in [-0.15, -0.1) is 0 Å². The van der Waals surface area contributed by atoms with Crippen LogP contribution < -0.4 is 10.6 Å². The second-order valence-electron chi connectivity index (χ2n) is 4.90. The van der Waals surface area contributed by atoms with Gasteiger partial charge in [-0.3, -0.25) is 9.59 Å². The highest BCUT2D eigenvalue weighted by atomic mass is 16.2. The minimum atomic E-state index is -0.176. The molecule has 0 aliphatic rings. The van der Waals surface area contributed by atoms with E-state index in [1.807, 2.05) is 0 Å². The van der Waals surface area contributed by atoms with Gasteiger partial charge in [0.15, 0.2) is 0 Å². The zero-order valence-corrected chi connectivity index (χ0v) is 12.4. The summed E-state index contributed by atoms with van der Waals surface area (Å²) in [7, 11) is 0. The summed E-state index contributed by atoms with van der Waals surface area (Å²) in [4.78, 5) is 23.2. The number of amides is 2. The second kappa shape index (κ2) is 9.13. The van der Waals surface area contributed by atoms with E-state index in [1.54, 1.807) is 24.3 Å². The summed E-state index contributed by atoms with van der Waals surface area (Å²) in [6, 6.07) is 7.05. The zero-order chi connectivity index (χ0) is 14.8. The first-order valence-electron chi connectivity index (χ1n) is 7.30. The van der Waals surface area contributed by atoms with Crippen molar-refractivity contribution >= 4 is 17.5 Å². The summed E-state index contributed by atoms with van der Waals surface area (Å²) in [6.45, 7) is 4.29. The first-order valence-corrected chi connectivity index (χ1v) is 7.30. The third-order valence-corrected chi connectivity index (χ3v) is 3.05. The number of rotatable bonds is 8. The summed E-state index contributed by atoms with van der Waals surface area (Å²) in [5, 5.41) is 5.57. The maximum absolute atomic E-state index is 12.1. The molecule has 0 bridgehead atoms. The quantitative estimate of drug-likeness (QED) is 0.715. The molecule has 110 valence electrons. The average Bonchev–Trinajstić information content (AvgIpc) is 2.42. The summed E-state index contributed by atoms with van der Waals surface area (Å²) in [5.74, 6) is -0.311. The number of para-hydroxylation sites is 1. The molecule has 1 aromatic rings. The molecule has 0 atom stereocenters. The van der Waals surface area contributed by atoms with Gasteiger partial charge in [0.25, 0.3) is 5.91 Å². The van der Waals surface area contributed by atoms with Crippen LogP contribution in [0.15, 0.2) is 24.3 Å². The maximum Gasteiger partial charge on any atom is 0.253 e. The first kappa shape index (κ1) is 16.2. The van der Waals surface area contributed by atoms with Crippen LogP contribution in [0.5, 0.6) is 0 Å². The number of anilines is 1. The van der Waals surface area contributed by atoms with Gasteiger partial charge in [0.1, 0.15) is 0 Å². The SMILES string of the molecule is CCCCCCCNC(=O)c1ccccc1NC(C)=O. The number of carbonyl (C=O) groups is 2. The Hall–Kier alpha value is -1.84. The van der Waals surface area contributed by atoms with Crippen molar-refractivity contribution in [2.24, 2.45) is 0 Å². The van der Waals surface area contributed by atoms with Crippen LogP contribution >= 0.6 is 0 Å². The van der Waals surface area contributed by atoms with Crippen molar-refractivity contribution in [2.45, 2.75) is 46.0 Å².